The van der Waals surface area contributed by atoms with Gasteiger partial charge in [0.2, 0.25) is 5.95 Å². The molecule has 1 unspecified atom stereocenters. The first-order valence-electron chi connectivity index (χ1n) is 12.1. The van der Waals surface area contributed by atoms with Crippen LogP contribution in [0.15, 0.2) is 77.7 Å². The second-order valence-electron chi connectivity index (χ2n) is 8.82. The second kappa shape index (κ2) is 11.6. The third-order valence-electron chi connectivity index (χ3n) is 6.12. The molecule has 0 radical (unpaired) electrons. The lowest BCUT2D eigenvalue weighted by molar-refractivity contribution is 0.0291. The van der Waals surface area contributed by atoms with Crippen LogP contribution < -0.4 is 16.0 Å². The predicted octanol–water partition coefficient (Wildman–Crippen LogP) is 5.14. The smallest absolute Gasteiger partial charge is 0.255 e. The summed E-state index contributed by atoms with van der Waals surface area (Å²) in [4.78, 5) is 26.1. The van der Waals surface area contributed by atoms with E-state index in [1.165, 1.54) is 0 Å². The highest BCUT2D eigenvalue weighted by atomic mass is 79.9. The number of halogens is 1. The maximum absolute atomic E-state index is 13.0. The van der Waals surface area contributed by atoms with Gasteiger partial charge >= 0.3 is 0 Å². The van der Waals surface area contributed by atoms with Gasteiger partial charge in [-0.15, -0.1) is 0 Å². The molecule has 0 spiro atoms. The van der Waals surface area contributed by atoms with Crippen LogP contribution in [0.3, 0.4) is 0 Å². The lowest BCUT2D eigenvalue weighted by Gasteiger charge is -2.24. The number of morpholine rings is 1. The number of rotatable bonds is 7. The van der Waals surface area contributed by atoms with Crippen LogP contribution in [-0.4, -0.2) is 46.7 Å². The summed E-state index contributed by atoms with van der Waals surface area (Å²) in [6.07, 6.45) is 6.12. The molecule has 188 valence electrons. The lowest BCUT2D eigenvalue weighted by atomic mass is 10.0. The Bertz CT molecular complexity index is 1390. The number of hydrogen-bond donors (Lipinski definition) is 3. The van der Waals surface area contributed by atoms with Crippen LogP contribution in [0.25, 0.3) is 11.3 Å². The lowest BCUT2D eigenvalue weighted by Crippen LogP contribution is -2.39. The maximum atomic E-state index is 13.0. The zero-order chi connectivity index (χ0) is 25.6. The molecular formula is C28H27BrN6O2. The zero-order valence-electron chi connectivity index (χ0n) is 20.4. The fraction of sp³-hybridized carbons (Fsp3) is 0.214. The van der Waals surface area contributed by atoms with E-state index in [-0.39, 0.29) is 12.0 Å². The quantitative estimate of drug-likeness (QED) is 0.289. The van der Waals surface area contributed by atoms with Gasteiger partial charge in [-0.2, -0.15) is 0 Å². The number of aryl methyl sites for hydroxylation is 1. The largest absolute Gasteiger partial charge is 0.375 e. The van der Waals surface area contributed by atoms with Crippen molar-refractivity contribution in [3.63, 3.8) is 0 Å². The van der Waals surface area contributed by atoms with E-state index in [9.17, 15) is 4.79 Å². The molecule has 1 amide bonds. The monoisotopic (exact) mass is 558 g/mol. The van der Waals surface area contributed by atoms with E-state index in [0.717, 1.165) is 58.7 Å². The van der Waals surface area contributed by atoms with Crippen molar-refractivity contribution in [2.24, 2.45) is 0 Å². The SMILES string of the molecule is Cc1ccc(NC(=O)c2ccc(CC3CNCCO3)c(Br)c2)cc1Nc1nccc(-c2cccnc2)n1. The molecule has 2 aromatic heterocycles. The van der Waals surface area contributed by atoms with Gasteiger partial charge in [-0.05, 0) is 60.5 Å². The fourth-order valence-electron chi connectivity index (χ4n) is 4.10. The standard InChI is InChI=1S/C28H27BrN6O2/c1-18-4-7-22(15-26(18)35-28-32-10-8-25(34-28)21-3-2-9-30-16-21)33-27(36)20-6-5-19(24(29)14-20)13-23-17-31-11-12-37-23/h2-10,14-16,23,31H,11-13,17H2,1H3,(H,33,36)(H,32,34,35). The normalized spacial score (nSPS) is 15.2. The Morgan fingerprint density at radius 1 is 1.16 bits per heavy atom. The number of pyridine rings is 1. The number of amides is 1. The topological polar surface area (TPSA) is 101 Å². The number of carbonyl (C=O) groups is 1. The van der Waals surface area contributed by atoms with Gasteiger partial charge in [-0.3, -0.25) is 9.78 Å². The van der Waals surface area contributed by atoms with Gasteiger partial charge in [0.1, 0.15) is 0 Å². The van der Waals surface area contributed by atoms with Crippen molar-refractivity contribution < 1.29 is 9.53 Å². The Morgan fingerprint density at radius 3 is 2.86 bits per heavy atom. The highest BCUT2D eigenvalue weighted by molar-refractivity contribution is 9.10. The number of hydrogen-bond acceptors (Lipinski definition) is 7. The van der Waals surface area contributed by atoms with E-state index in [2.05, 4.69) is 46.8 Å². The average Bonchev–Trinajstić information content (AvgIpc) is 2.93. The van der Waals surface area contributed by atoms with Crippen LogP contribution in [0.1, 0.15) is 21.5 Å². The number of nitrogens with zero attached hydrogens (tertiary/aromatic N) is 3. The van der Waals surface area contributed by atoms with Crippen molar-refractivity contribution in [3.05, 3.63) is 94.4 Å². The van der Waals surface area contributed by atoms with E-state index >= 15 is 0 Å². The molecule has 5 rings (SSSR count). The van der Waals surface area contributed by atoms with Crippen LogP contribution in [0.4, 0.5) is 17.3 Å². The molecule has 1 aliphatic rings. The number of benzene rings is 2. The summed E-state index contributed by atoms with van der Waals surface area (Å²) in [5.74, 6) is 0.275. The molecule has 3 heterocycles. The first-order valence-corrected chi connectivity index (χ1v) is 12.9. The summed E-state index contributed by atoms with van der Waals surface area (Å²) in [6, 6.07) is 17.0. The summed E-state index contributed by atoms with van der Waals surface area (Å²) in [7, 11) is 0. The van der Waals surface area contributed by atoms with Crippen LogP contribution in [-0.2, 0) is 11.2 Å². The summed E-state index contributed by atoms with van der Waals surface area (Å²) in [5, 5.41) is 9.61. The number of carbonyl (C=O) groups excluding carboxylic acids is 1. The van der Waals surface area contributed by atoms with E-state index in [1.807, 2.05) is 61.5 Å². The third-order valence-corrected chi connectivity index (χ3v) is 6.86. The highest BCUT2D eigenvalue weighted by Gasteiger charge is 2.17. The van der Waals surface area contributed by atoms with Gasteiger partial charge in [-0.1, -0.05) is 28.1 Å². The molecule has 4 aromatic rings. The summed E-state index contributed by atoms with van der Waals surface area (Å²) in [6.45, 7) is 4.42. The molecule has 37 heavy (non-hydrogen) atoms. The molecule has 9 heteroatoms. The minimum absolute atomic E-state index is 0.136. The molecule has 0 saturated carbocycles. The van der Waals surface area contributed by atoms with Crippen LogP contribution >= 0.6 is 15.9 Å². The second-order valence-corrected chi connectivity index (χ2v) is 9.68. The van der Waals surface area contributed by atoms with E-state index in [4.69, 9.17) is 4.74 Å². The fourth-order valence-corrected chi connectivity index (χ4v) is 4.64. The number of ether oxygens (including phenoxy) is 1. The molecule has 1 fully saturated rings. The molecular weight excluding hydrogens is 532 g/mol. The molecule has 0 bridgehead atoms. The summed E-state index contributed by atoms with van der Waals surface area (Å²) >= 11 is 3.62. The van der Waals surface area contributed by atoms with Crippen LogP contribution in [0, 0.1) is 6.92 Å². The number of aromatic nitrogens is 3. The Balaban J connectivity index is 1.28. The van der Waals surface area contributed by atoms with Gasteiger partial charge in [0.25, 0.3) is 5.91 Å². The maximum Gasteiger partial charge on any atom is 0.255 e. The minimum atomic E-state index is -0.188. The van der Waals surface area contributed by atoms with Crippen LogP contribution in [0.2, 0.25) is 0 Å². The highest BCUT2D eigenvalue weighted by Crippen LogP contribution is 2.26. The third kappa shape index (κ3) is 6.37. The molecule has 8 nitrogen and oxygen atoms in total. The Kier molecular flexibility index (Phi) is 7.84. The van der Waals surface area contributed by atoms with Crippen LogP contribution in [0.5, 0.6) is 0 Å². The summed E-state index contributed by atoms with van der Waals surface area (Å²) < 4.78 is 6.70. The van der Waals surface area contributed by atoms with Crippen molar-refractivity contribution in [1.29, 1.82) is 0 Å². The average molecular weight is 559 g/mol. The van der Waals surface area contributed by atoms with Crippen molar-refractivity contribution in [1.82, 2.24) is 20.3 Å². The first kappa shape index (κ1) is 25.0. The Hall–Kier alpha value is -3.66. The van der Waals surface area contributed by atoms with Gasteiger partial charge in [-0.25, -0.2) is 9.97 Å². The molecule has 1 aliphatic heterocycles. The molecule has 2 aromatic carbocycles. The minimum Gasteiger partial charge on any atom is -0.375 e. The van der Waals surface area contributed by atoms with Crippen molar-refractivity contribution >= 4 is 39.2 Å². The van der Waals surface area contributed by atoms with Gasteiger partial charge in [0.05, 0.1) is 18.4 Å². The number of nitrogens with one attached hydrogen (secondary N) is 3. The van der Waals surface area contributed by atoms with Crippen molar-refractivity contribution in [3.8, 4) is 11.3 Å². The molecule has 3 N–H and O–H groups in total. The van der Waals surface area contributed by atoms with Gasteiger partial charge in [0, 0.05) is 65.1 Å². The van der Waals surface area contributed by atoms with E-state index in [0.29, 0.717) is 17.2 Å². The predicted molar refractivity (Wildman–Crippen MR) is 148 cm³/mol. The first-order chi connectivity index (χ1) is 18.0. The molecule has 0 aliphatic carbocycles. The van der Waals surface area contributed by atoms with Crippen molar-refractivity contribution in [2.45, 2.75) is 19.4 Å². The Morgan fingerprint density at radius 2 is 2.08 bits per heavy atom. The zero-order valence-corrected chi connectivity index (χ0v) is 22.0. The summed E-state index contributed by atoms with van der Waals surface area (Å²) in [5.41, 5.74) is 5.84. The van der Waals surface area contributed by atoms with E-state index < -0.39 is 0 Å². The van der Waals surface area contributed by atoms with Crippen molar-refractivity contribution in [2.75, 3.05) is 30.3 Å². The number of anilines is 3. The van der Waals surface area contributed by atoms with Gasteiger partial charge in [0.15, 0.2) is 0 Å². The molecule has 1 atom stereocenters. The Labute approximate surface area is 224 Å². The van der Waals surface area contributed by atoms with E-state index in [1.54, 1.807) is 18.6 Å². The molecule has 1 saturated heterocycles. The van der Waals surface area contributed by atoms with Gasteiger partial charge < -0.3 is 20.7 Å².